The summed E-state index contributed by atoms with van der Waals surface area (Å²) in [5.41, 5.74) is 0.439. The molecule has 1 heterocycles. The van der Waals surface area contributed by atoms with E-state index in [2.05, 4.69) is 33.5 Å². The molecule has 0 aliphatic carbocycles. The molecular formula is C13H17BrN2O2. The van der Waals surface area contributed by atoms with Crippen molar-refractivity contribution >= 4 is 27.5 Å². The Morgan fingerprint density at radius 3 is 3.06 bits per heavy atom. The second-order valence-electron chi connectivity index (χ2n) is 4.76. The topological polar surface area (TPSA) is 61.4 Å². The van der Waals surface area contributed by atoms with Gasteiger partial charge in [0.25, 0.3) is 0 Å². The summed E-state index contributed by atoms with van der Waals surface area (Å²) >= 11 is 3.22. The summed E-state index contributed by atoms with van der Waals surface area (Å²) < 4.78 is 0.574. The van der Waals surface area contributed by atoms with Crippen LogP contribution < -0.4 is 10.6 Å². The molecule has 1 saturated heterocycles. The zero-order valence-electron chi connectivity index (χ0n) is 10.2. The van der Waals surface area contributed by atoms with E-state index in [1.807, 2.05) is 0 Å². The molecule has 2 atom stereocenters. The van der Waals surface area contributed by atoms with Crippen LogP contribution in [-0.2, 0) is 4.79 Å². The SMILES string of the molecule is CC1CCNC(C(=O)Nc2cccc(Br)c2O)C1. The van der Waals surface area contributed by atoms with Crippen molar-refractivity contribution in [1.82, 2.24) is 5.32 Å². The van der Waals surface area contributed by atoms with Gasteiger partial charge in [0, 0.05) is 0 Å². The van der Waals surface area contributed by atoms with Gasteiger partial charge in [-0.2, -0.15) is 0 Å². The van der Waals surface area contributed by atoms with E-state index in [-0.39, 0.29) is 17.7 Å². The lowest BCUT2D eigenvalue weighted by atomic mass is 9.94. The summed E-state index contributed by atoms with van der Waals surface area (Å²) in [7, 11) is 0. The van der Waals surface area contributed by atoms with E-state index < -0.39 is 0 Å². The predicted octanol–water partition coefficient (Wildman–Crippen LogP) is 2.48. The molecule has 1 aliphatic rings. The maximum Gasteiger partial charge on any atom is 0.241 e. The summed E-state index contributed by atoms with van der Waals surface area (Å²) in [6, 6.07) is 5.01. The fourth-order valence-electron chi connectivity index (χ4n) is 2.14. The number of anilines is 1. The molecule has 0 aromatic heterocycles. The lowest BCUT2D eigenvalue weighted by molar-refractivity contribution is -0.119. The summed E-state index contributed by atoms with van der Waals surface area (Å²) in [6.45, 7) is 3.02. The minimum atomic E-state index is -0.174. The maximum atomic E-state index is 12.1. The van der Waals surface area contributed by atoms with Gasteiger partial charge in [0.2, 0.25) is 5.91 Å². The molecule has 4 nitrogen and oxygen atoms in total. The Morgan fingerprint density at radius 1 is 1.56 bits per heavy atom. The minimum Gasteiger partial charge on any atom is -0.505 e. The number of hydrogen-bond acceptors (Lipinski definition) is 3. The van der Waals surface area contributed by atoms with Crippen molar-refractivity contribution in [2.45, 2.75) is 25.8 Å². The van der Waals surface area contributed by atoms with E-state index in [1.165, 1.54) is 0 Å². The number of para-hydroxylation sites is 1. The highest BCUT2D eigenvalue weighted by Gasteiger charge is 2.25. The molecule has 1 amide bonds. The molecule has 2 unspecified atom stereocenters. The van der Waals surface area contributed by atoms with Gasteiger partial charge < -0.3 is 15.7 Å². The first kappa shape index (κ1) is 13.4. The Morgan fingerprint density at radius 2 is 2.33 bits per heavy atom. The quantitative estimate of drug-likeness (QED) is 0.735. The molecular weight excluding hydrogens is 296 g/mol. The number of halogens is 1. The number of carbonyl (C=O) groups is 1. The zero-order valence-corrected chi connectivity index (χ0v) is 11.8. The van der Waals surface area contributed by atoms with Crippen molar-refractivity contribution < 1.29 is 9.90 Å². The van der Waals surface area contributed by atoms with Crippen molar-refractivity contribution in [2.24, 2.45) is 5.92 Å². The van der Waals surface area contributed by atoms with E-state index in [9.17, 15) is 9.90 Å². The van der Waals surface area contributed by atoms with Crippen LogP contribution in [0.2, 0.25) is 0 Å². The molecule has 18 heavy (non-hydrogen) atoms. The molecule has 1 aliphatic heterocycles. The summed E-state index contributed by atoms with van der Waals surface area (Å²) in [6.07, 6.45) is 1.94. The predicted molar refractivity (Wildman–Crippen MR) is 74.6 cm³/mol. The standard InChI is InChI=1S/C13H17BrN2O2/c1-8-5-6-15-11(7-8)13(18)16-10-4-2-3-9(14)12(10)17/h2-4,8,11,15,17H,5-7H2,1H3,(H,16,18). The Labute approximate surface area is 115 Å². The van der Waals surface area contributed by atoms with Gasteiger partial charge in [0.1, 0.15) is 0 Å². The molecule has 1 aromatic carbocycles. The van der Waals surface area contributed by atoms with Crippen LogP contribution in [0.15, 0.2) is 22.7 Å². The van der Waals surface area contributed by atoms with Gasteiger partial charge in [-0.1, -0.05) is 13.0 Å². The molecule has 98 valence electrons. The van der Waals surface area contributed by atoms with Crippen LogP contribution in [0.25, 0.3) is 0 Å². The third-order valence-electron chi connectivity index (χ3n) is 3.23. The average Bonchev–Trinajstić information content (AvgIpc) is 2.35. The number of piperidine rings is 1. The fourth-order valence-corrected chi connectivity index (χ4v) is 2.51. The second-order valence-corrected chi connectivity index (χ2v) is 5.62. The van der Waals surface area contributed by atoms with Crippen molar-refractivity contribution in [3.8, 4) is 5.75 Å². The highest BCUT2D eigenvalue weighted by Crippen LogP contribution is 2.31. The summed E-state index contributed by atoms with van der Waals surface area (Å²) in [4.78, 5) is 12.1. The van der Waals surface area contributed by atoms with Crippen molar-refractivity contribution in [2.75, 3.05) is 11.9 Å². The van der Waals surface area contributed by atoms with Crippen LogP contribution in [0.5, 0.6) is 5.75 Å². The molecule has 1 fully saturated rings. The largest absolute Gasteiger partial charge is 0.505 e. The molecule has 0 spiro atoms. The highest BCUT2D eigenvalue weighted by atomic mass is 79.9. The maximum absolute atomic E-state index is 12.1. The Balaban J connectivity index is 2.04. The molecule has 0 radical (unpaired) electrons. The Bertz CT molecular complexity index is 451. The van der Waals surface area contributed by atoms with Crippen LogP contribution in [0.3, 0.4) is 0 Å². The van der Waals surface area contributed by atoms with Crippen LogP contribution in [0.1, 0.15) is 19.8 Å². The first-order valence-electron chi connectivity index (χ1n) is 6.09. The van der Waals surface area contributed by atoms with Gasteiger partial charge in [0.15, 0.2) is 5.75 Å². The number of aromatic hydroxyl groups is 1. The van der Waals surface area contributed by atoms with Crippen molar-refractivity contribution in [3.05, 3.63) is 22.7 Å². The number of phenolic OH excluding ortho intramolecular Hbond substituents is 1. The monoisotopic (exact) mass is 312 g/mol. The first-order valence-corrected chi connectivity index (χ1v) is 6.89. The number of amides is 1. The molecule has 0 bridgehead atoms. The van der Waals surface area contributed by atoms with E-state index in [0.29, 0.717) is 16.1 Å². The minimum absolute atomic E-state index is 0.0645. The van der Waals surface area contributed by atoms with Gasteiger partial charge in [0.05, 0.1) is 16.2 Å². The van der Waals surface area contributed by atoms with Crippen molar-refractivity contribution in [1.29, 1.82) is 0 Å². The lowest BCUT2D eigenvalue weighted by Crippen LogP contribution is -2.45. The summed E-state index contributed by atoms with van der Waals surface area (Å²) in [5, 5.41) is 15.8. The third kappa shape index (κ3) is 3.03. The van der Waals surface area contributed by atoms with E-state index in [4.69, 9.17) is 0 Å². The second kappa shape index (κ2) is 5.71. The fraction of sp³-hybridized carbons (Fsp3) is 0.462. The van der Waals surface area contributed by atoms with Crippen LogP contribution in [0.4, 0.5) is 5.69 Å². The van der Waals surface area contributed by atoms with E-state index in [0.717, 1.165) is 19.4 Å². The van der Waals surface area contributed by atoms with Gasteiger partial charge in [-0.3, -0.25) is 4.79 Å². The first-order chi connectivity index (χ1) is 8.58. The zero-order chi connectivity index (χ0) is 13.1. The molecule has 1 aromatic rings. The van der Waals surface area contributed by atoms with E-state index in [1.54, 1.807) is 18.2 Å². The highest BCUT2D eigenvalue weighted by molar-refractivity contribution is 9.10. The number of hydrogen-bond donors (Lipinski definition) is 3. The third-order valence-corrected chi connectivity index (χ3v) is 3.87. The smallest absolute Gasteiger partial charge is 0.241 e. The number of carbonyl (C=O) groups excluding carboxylic acids is 1. The number of nitrogens with one attached hydrogen (secondary N) is 2. The molecule has 0 saturated carbocycles. The van der Waals surface area contributed by atoms with Gasteiger partial charge >= 0.3 is 0 Å². The van der Waals surface area contributed by atoms with Crippen molar-refractivity contribution in [3.63, 3.8) is 0 Å². The number of rotatable bonds is 2. The Kier molecular flexibility index (Phi) is 4.24. The number of phenols is 1. The van der Waals surface area contributed by atoms with Crippen LogP contribution in [-0.4, -0.2) is 23.6 Å². The van der Waals surface area contributed by atoms with Crippen LogP contribution in [0, 0.1) is 5.92 Å². The molecule has 3 N–H and O–H groups in total. The van der Waals surface area contributed by atoms with Crippen LogP contribution >= 0.6 is 15.9 Å². The number of benzene rings is 1. The molecule has 5 heteroatoms. The lowest BCUT2D eigenvalue weighted by Gasteiger charge is -2.27. The van der Waals surface area contributed by atoms with E-state index >= 15 is 0 Å². The molecule has 2 rings (SSSR count). The normalized spacial score (nSPS) is 23.7. The Hall–Kier alpha value is -1.07. The van der Waals surface area contributed by atoms with Gasteiger partial charge in [-0.15, -0.1) is 0 Å². The average molecular weight is 313 g/mol. The van der Waals surface area contributed by atoms with Gasteiger partial charge in [-0.25, -0.2) is 0 Å². The summed E-state index contributed by atoms with van der Waals surface area (Å²) in [5.74, 6) is 0.530. The van der Waals surface area contributed by atoms with Gasteiger partial charge in [-0.05, 0) is 53.4 Å².